The second-order valence-electron chi connectivity index (χ2n) is 5.89. The van der Waals surface area contributed by atoms with Gasteiger partial charge in [0.15, 0.2) is 10.8 Å². The number of hydrogen-bond donors (Lipinski definition) is 0. The van der Waals surface area contributed by atoms with Crippen LogP contribution in [0.15, 0.2) is 5.38 Å². The van der Waals surface area contributed by atoms with Crippen LogP contribution in [0.2, 0.25) is 0 Å². The van der Waals surface area contributed by atoms with Crippen molar-refractivity contribution in [3.05, 3.63) is 11.1 Å². The standard InChI is InChI=1S/C13H19F3N4S/c1-18-2-4-19(5-3-18)6-10-7-20(8-10)12-17-11(9-21-12)13(14,15)16/h9-10H,2-8H2,1H3. The number of likely N-dealkylation sites (N-methyl/N-ethyl adjacent to an activating group) is 1. The number of nitrogens with zero attached hydrogens (tertiary/aromatic N) is 4. The Hall–Kier alpha value is -0.860. The van der Waals surface area contributed by atoms with Crippen LogP contribution < -0.4 is 4.90 Å². The third kappa shape index (κ3) is 3.49. The molecule has 8 heteroatoms. The molecule has 0 amide bonds. The molecule has 2 fully saturated rings. The normalized spacial score (nSPS) is 22.6. The van der Waals surface area contributed by atoms with Crippen molar-refractivity contribution >= 4 is 16.5 Å². The molecule has 0 unspecified atom stereocenters. The molecule has 2 aliphatic rings. The molecule has 3 heterocycles. The summed E-state index contributed by atoms with van der Waals surface area (Å²) in [4.78, 5) is 10.4. The van der Waals surface area contributed by atoms with Gasteiger partial charge in [-0.15, -0.1) is 11.3 Å². The minimum absolute atomic E-state index is 0.497. The van der Waals surface area contributed by atoms with Gasteiger partial charge in [0.2, 0.25) is 0 Å². The highest BCUT2D eigenvalue weighted by molar-refractivity contribution is 7.13. The highest BCUT2D eigenvalue weighted by atomic mass is 32.1. The molecular weight excluding hydrogens is 301 g/mol. The van der Waals surface area contributed by atoms with Crippen LogP contribution in [0, 0.1) is 5.92 Å². The van der Waals surface area contributed by atoms with Gasteiger partial charge < -0.3 is 14.7 Å². The maximum Gasteiger partial charge on any atom is 0.434 e. The monoisotopic (exact) mass is 320 g/mol. The van der Waals surface area contributed by atoms with E-state index in [1.54, 1.807) is 0 Å². The van der Waals surface area contributed by atoms with E-state index in [0.717, 1.165) is 62.5 Å². The van der Waals surface area contributed by atoms with Gasteiger partial charge in [-0.05, 0) is 7.05 Å². The first-order chi connectivity index (χ1) is 9.91. The predicted octanol–water partition coefficient (Wildman–Crippen LogP) is 1.85. The zero-order valence-electron chi connectivity index (χ0n) is 11.9. The van der Waals surface area contributed by atoms with Crippen LogP contribution in [0.1, 0.15) is 5.69 Å². The van der Waals surface area contributed by atoms with E-state index < -0.39 is 11.9 Å². The van der Waals surface area contributed by atoms with Crippen LogP contribution >= 0.6 is 11.3 Å². The Kier molecular flexibility index (Phi) is 4.11. The van der Waals surface area contributed by atoms with Gasteiger partial charge in [-0.3, -0.25) is 0 Å². The van der Waals surface area contributed by atoms with Crippen LogP contribution in [-0.2, 0) is 6.18 Å². The van der Waals surface area contributed by atoms with E-state index in [1.165, 1.54) is 0 Å². The fourth-order valence-electron chi connectivity index (χ4n) is 2.78. The molecule has 1 aromatic rings. The molecule has 1 aromatic heterocycles. The van der Waals surface area contributed by atoms with Gasteiger partial charge in [-0.25, -0.2) is 4.98 Å². The summed E-state index contributed by atoms with van der Waals surface area (Å²) in [6.07, 6.45) is -4.33. The summed E-state index contributed by atoms with van der Waals surface area (Å²) >= 11 is 1.08. The average Bonchev–Trinajstić information content (AvgIpc) is 2.84. The van der Waals surface area contributed by atoms with Crippen LogP contribution in [-0.4, -0.2) is 67.6 Å². The molecule has 0 aromatic carbocycles. The lowest BCUT2D eigenvalue weighted by atomic mass is 10.00. The first-order valence-corrected chi connectivity index (χ1v) is 7.98. The van der Waals surface area contributed by atoms with Crippen molar-refractivity contribution in [2.24, 2.45) is 5.92 Å². The molecule has 4 nitrogen and oxygen atoms in total. The van der Waals surface area contributed by atoms with Gasteiger partial charge in [0.1, 0.15) is 0 Å². The zero-order valence-corrected chi connectivity index (χ0v) is 12.8. The fourth-order valence-corrected chi connectivity index (χ4v) is 3.63. The molecule has 2 aliphatic heterocycles. The second-order valence-corrected chi connectivity index (χ2v) is 6.72. The van der Waals surface area contributed by atoms with E-state index in [9.17, 15) is 13.2 Å². The van der Waals surface area contributed by atoms with Crippen LogP contribution in [0.5, 0.6) is 0 Å². The Bertz CT molecular complexity index is 476. The number of thiazole rings is 1. The van der Waals surface area contributed by atoms with Crippen molar-refractivity contribution in [2.45, 2.75) is 6.18 Å². The largest absolute Gasteiger partial charge is 0.434 e. The Morgan fingerprint density at radius 2 is 1.90 bits per heavy atom. The van der Waals surface area contributed by atoms with Crippen molar-refractivity contribution in [3.63, 3.8) is 0 Å². The van der Waals surface area contributed by atoms with Gasteiger partial charge in [0.25, 0.3) is 0 Å². The molecule has 0 atom stereocenters. The Morgan fingerprint density at radius 1 is 1.24 bits per heavy atom. The Labute approximate surface area is 126 Å². The molecule has 0 radical (unpaired) electrons. The number of aromatic nitrogens is 1. The highest BCUT2D eigenvalue weighted by Gasteiger charge is 2.36. The van der Waals surface area contributed by atoms with Gasteiger partial charge in [0.05, 0.1) is 0 Å². The highest BCUT2D eigenvalue weighted by Crippen LogP contribution is 2.35. The summed E-state index contributed by atoms with van der Waals surface area (Å²) in [5, 5.41) is 1.60. The maximum atomic E-state index is 12.5. The second kappa shape index (κ2) is 5.73. The SMILES string of the molecule is CN1CCN(CC2CN(c3nc(C(F)(F)F)cs3)C2)CC1. The van der Waals surface area contributed by atoms with Crippen molar-refractivity contribution in [2.75, 3.05) is 57.8 Å². The predicted molar refractivity (Wildman–Crippen MR) is 76.8 cm³/mol. The molecule has 0 bridgehead atoms. The molecular formula is C13H19F3N4S. The van der Waals surface area contributed by atoms with Crippen molar-refractivity contribution in [1.29, 1.82) is 0 Å². The molecule has 0 saturated carbocycles. The van der Waals surface area contributed by atoms with E-state index in [-0.39, 0.29) is 0 Å². The number of alkyl halides is 3. The van der Waals surface area contributed by atoms with Crippen LogP contribution in [0.3, 0.4) is 0 Å². The summed E-state index contributed by atoms with van der Waals surface area (Å²) in [5.41, 5.74) is -0.773. The van der Waals surface area contributed by atoms with Crippen LogP contribution in [0.4, 0.5) is 18.3 Å². The number of piperazine rings is 1. The molecule has 2 saturated heterocycles. The van der Waals surface area contributed by atoms with E-state index in [4.69, 9.17) is 0 Å². The molecule has 3 rings (SSSR count). The summed E-state index contributed by atoms with van der Waals surface area (Å²) in [6, 6.07) is 0. The molecule has 118 valence electrons. The summed E-state index contributed by atoms with van der Waals surface area (Å²) < 4.78 is 37.6. The third-order valence-corrected chi connectivity index (χ3v) is 5.02. The molecule has 0 spiro atoms. The summed E-state index contributed by atoms with van der Waals surface area (Å²) in [6.45, 7) is 7.04. The van der Waals surface area contributed by atoms with Gasteiger partial charge >= 0.3 is 6.18 Å². The van der Waals surface area contributed by atoms with Gasteiger partial charge in [0, 0.05) is 57.1 Å². The third-order valence-electron chi connectivity index (χ3n) is 4.12. The summed E-state index contributed by atoms with van der Waals surface area (Å²) in [7, 11) is 2.13. The minimum atomic E-state index is -4.33. The van der Waals surface area contributed by atoms with Gasteiger partial charge in [-0.1, -0.05) is 0 Å². The van der Waals surface area contributed by atoms with Crippen molar-refractivity contribution in [3.8, 4) is 0 Å². The maximum absolute atomic E-state index is 12.5. The van der Waals surface area contributed by atoms with E-state index in [2.05, 4.69) is 21.8 Å². The fraction of sp³-hybridized carbons (Fsp3) is 0.769. The first kappa shape index (κ1) is 15.1. The van der Waals surface area contributed by atoms with Gasteiger partial charge in [-0.2, -0.15) is 13.2 Å². The number of anilines is 1. The zero-order chi connectivity index (χ0) is 15.0. The average molecular weight is 320 g/mol. The van der Waals surface area contributed by atoms with E-state index in [1.807, 2.05) is 4.90 Å². The smallest absolute Gasteiger partial charge is 0.347 e. The number of rotatable bonds is 3. The lowest BCUT2D eigenvalue weighted by Gasteiger charge is -2.43. The summed E-state index contributed by atoms with van der Waals surface area (Å²) in [5.74, 6) is 0.548. The van der Waals surface area contributed by atoms with Crippen LogP contribution in [0.25, 0.3) is 0 Å². The van der Waals surface area contributed by atoms with E-state index >= 15 is 0 Å². The molecule has 0 N–H and O–H groups in total. The molecule has 21 heavy (non-hydrogen) atoms. The Morgan fingerprint density at radius 3 is 2.48 bits per heavy atom. The van der Waals surface area contributed by atoms with Crippen molar-refractivity contribution in [1.82, 2.24) is 14.8 Å². The first-order valence-electron chi connectivity index (χ1n) is 7.10. The van der Waals surface area contributed by atoms with Crippen molar-refractivity contribution < 1.29 is 13.2 Å². The lowest BCUT2D eigenvalue weighted by molar-refractivity contribution is -0.140. The molecule has 0 aliphatic carbocycles. The van der Waals surface area contributed by atoms with E-state index in [0.29, 0.717) is 11.0 Å². The quantitative estimate of drug-likeness (QED) is 0.848. The number of hydrogen-bond acceptors (Lipinski definition) is 5. The minimum Gasteiger partial charge on any atom is -0.347 e. The number of halogens is 3. The lowest BCUT2D eigenvalue weighted by Crippen LogP contribution is -2.54. The topological polar surface area (TPSA) is 22.6 Å². The Balaban J connectivity index is 1.46.